The lowest BCUT2D eigenvalue weighted by Crippen LogP contribution is -2.35. The summed E-state index contributed by atoms with van der Waals surface area (Å²) in [5, 5.41) is 14.2. The van der Waals surface area contributed by atoms with Crippen molar-refractivity contribution in [3.05, 3.63) is 63.9 Å². The number of carboxylic acid groups (broad SMARTS) is 1. The Morgan fingerprint density at radius 2 is 1.93 bits per heavy atom. The molecule has 0 saturated carbocycles. The molecule has 6 nitrogen and oxygen atoms in total. The summed E-state index contributed by atoms with van der Waals surface area (Å²) >= 11 is 0. The molecule has 0 aliphatic carbocycles. The molecule has 1 atom stereocenters. The van der Waals surface area contributed by atoms with E-state index in [1.807, 2.05) is 40.4 Å². The van der Waals surface area contributed by atoms with Crippen LogP contribution in [0.2, 0.25) is 0 Å². The minimum atomic E-state index is -1.20. The lowest BCUT2D eigenvalue weighted by molar-refractivity contribution is 0.0693. The summed E-state index contributed by atoms with van der Waals surface area (Å²) < 4.78 is 3.87. The fourth-order valence-corrected chi connectivity index (χ4v) is 3.82. The maximum absolute atomic E-state index is 12.4. The molecule has 1 N–H and O–H groups in total. The van der Waals surface area contributed by atoms with Crippen LogP contribution in [0.1, 0.15) is 42.7 Å². The maximum Gasteiger partial charge on any atom is 0.341 e. The number of rotatable bonds is 2. The Kier molecular flexibility index (Phi) is 4.03. The first-order valence-electron chi connectivity index (χ1n) is 9.30. The van der Waals surface area contributed by atoms with E-state index >= 15 is 0 Å². The summed E-state index contributed by atoms with van der Waals surface area (Å²) in [4.78, 5) is 23.9. The van der Waals surface area contributed by atoms with Gasteiger partial charge in [-0.15, -0.1) is 0 Å². The van der Waals surface area contributed by atoms with E-state index in [4.69, 9.17) is 5.10 Å². The predicted octanol–water partition coefficient (Wildman–Crippen LogP) is 3.99. The van der Waals surface area contributed by atoms with Crippen molar-refractivity contribution in [1.29, 1.82) is 0 Å². The number of aryl methyl sites for hydroxylation is 1. The third kappa shape index (κ3) is 2.95. The average Bonchev–Trinajstić information content (AvgIpc) is 3.04. The summed E-state index contributed by atoms with van der Waals surface area (Å²) in [7, 11) is 0. The second kappa shape index (κ2) is 6.19. The largest absolute Gasteiger partial charge is 0.477 e. The van der Waals surface area contributed by atoms with Crippen LogP contribution in [0.15, 0.2) is 47.4 Å². The smallest absolute Gasteiger partial charge is 0.341 e. The lowest BCUT2D eigenvalue weighted by atomic mass is 9.85. The first-order valence-corrected chi connectivity index (χ1v) is 9.30. The molecule has 3 aromatic rings. The van der Waals surface area contributed by atoms with Crippen molar-refractivity contribution in [2.75, 3.05) is 0 Å². The fourth-order valence-electron chi connectivity index (χ4n) is 3.82. The van der Waals surface area contributed by atoms with E-state index in [9.17, 15) is 14.7 Å². The highest BCUT2D eigenvalue weighted by atomic mass is 16.4. The predicted molar refractivity (Wildman–Crippen MR) is 108 cm³/mol. The number of fused-ring (bicyclic) bond motifs is 3. The Morgan fingerprint density at radius 3 is 2.57 bits per heavy atom. The lowest BCUT2D eigenvalue weighted by Gasteiger charge is -2.38. The molecular formula is C22H23N3O3. The molecule has 1 aliphatic heterocycles. The van der Waals surface area contributed by atoms with Gasteiger partial charge in [0.1, 0.15) is 5.56 Å². The van der Waals surface area contributed by atoms with Crippen molar-refractivity contribution in [2.45, 2.75) is 40.3 Å². The molecule has 1 aliphatic rings. The second-order valence-electron chi connectivity index (χ2n) is 8.50. The Bertz CT molecular complexity index is 1150. The molecule has 3 heterocycles. The molecule has 0 unspecified atom stereocenters. The second-order valence-corrected chi connectivity index (χ2v) is 8.50. The number of carbonyl (C=O) groups is 1. The van der Waals surface area contributed by atoms with Crippen LogP contribution in [0.3, 0.4) is 0 Å². The van der Waals surface area contributed by atoms with Crippen molar-refractivity contribution in [1.82, 2.24) is 14.3 Å². The Balaban J connectivity index is 1.94. The van der Waals surface area contributed by atoms with Gasteiger partial charge in [-0.2, -0.15) is 5.10 Å². The minimum absolute atomic E-state index is 0.0287. The molecule has 0 bridgehead atoms. The van der Waals surface area contributed by atoms with Crippen LogP contribution in [0.4, 0.5) is 0 Å². The molecule has 6 heteroatoms. The minimum Gasteiger partial charge on any atom is -0.477 e. The van der Waals surface area contributed by atoms with Crippen LogP contribution in [0, 0.1) is 12.3 Å². The quantitative estimate of drug-likeness (QED) is 0.733. The van der Waals surface area contributed by atoms with E-state index in [1.54, 1.807) is 0 Å². The van der Waals surface area contributed by atoms with Crippen molar-refractivity contribution in [3.63, 3.8) is 0 Å². The van der Waals surface area contributed by atoms with Crippen molar-refractivity contribution in [2.24, 2.45) is 5.41 Å². The SMILES string of the molecule is Cc1cccc(-c2cc3n(n2)C[C@@H](C(C)(C)C)n2cc(C(=O)O)c(=O)cc2-3)c1. The summed E-state index contributed by atoms with van der Waals surface area (Å²) in [5.74, 6) is -1.20. The molecule has 4 rings (SSSR count). The van der Waals surface area contributed by atoms with Gasteiger partial charge in [-0.1, -0.05) is 44.5 Å². The molecule has 144 valence electrons. The molecule has 2 aromatic heterocycles. The van der Waals surface area contributed by atoms with Gasteiger partial charge in [0, 0.05) is 17.8 Å². The standard InChI is InChI=1S/C22H23N3O3/c1-13-6-5-7-14(8-13)16-9-18-17-10-19(26)15(21(27)28)11-24(17)20(22(2,3)4)12-25(18)23-16/h5-11,20H,12H2,1-4H3,(H,27,28)/t20-/m0/s1. The van der Waals surface area contributed by atoms with Crippen LogP contribution < -0.4 is 5.43 Å². The van der Waals surface area contributed by atoms with Gasteiger partial charge in [0.05, 0.1) is 29.7 Å². The highest BCUT2D eigenvalue weighted by molar-refractivity contribution is 5.87. The summed E-state index contributed by atoms with van der Waals surface area (Å²) in [6, 6.07) is 11.5. The number of carboxylic acids is 1. The van der Waals surface area contributed by atoms with Gasteiger partial charge < -0.3 is 9.67 Å². The highest BCUT2D eigenvalue weighted by Crippen LogP contribution is 2.40. The number of nitrogens with zero attached hydrogens (tertiary/aromatic N) is 3. The van der Waals surface area contributed by atoms with Crippen molar-refractivity contribution >= 4 is 5.97 Å². The van der Waals surface area contributed by atoms with Crippen molar-refractivity contribution in [3.8, 4) is 22.6 Å². The first kappa shape index (κ1) is 18.2. The van der Waals surface area contributed by atoms with Gasteiger partial charge in [0.25, 0.3) is 0 Å². The van der Waals surface area contributed by atoms with Crippen LogP contribution in [-0.4, -0.2) is 25.4 Å². The van der Waals surface area contributed by atoms with Gasteiger partial charge >= 0.3 is 5.97 Å². The summed E-state index contributed by atoms with van der Waals surface area (Å²) in [6.07, 6.45) is 1.48. The van der Waals surface area contributed by atoms with Gasteiger partial charge in [-0.25, -0.2) is 4.79 Å². The number of pyridine rings is 1. The average molecular weight is 377 g/mol. The van der Waals surface area contributed by atoms with Crippen LogP contribution >= 0.6 is 0 Å². The monoisotopic (exact) mass is 377 g/mol. The molecule has 0 spiro atoms. The zero-order valence-corrected chi connectivity index (χ0v) is 16.4. The molecule has 0 saturated heterocycles. The Hall–Kier alpha value is -3.15. The number of benzene rings is 1. The number of aromatic nitrogens is 3. The highest BCUT2D eigenvalue weighted by Gasteiger charge is 2.34. The Labute approximate surface area is 163 Å². The molecular weight excluding hydrogens is 354 g/mol. The first-order chi connectivity index (χ1) is 13.1. The van der Waals surface area contributed by atoms with E-state index < -0.39 is 11.4 Å². The van der Waals surface area contributed by atoms with E-state index in [0.717, 1.165) is 22.5 Å². The van der Waals surface area contributed by atoms with Gasteiger partial charge in [0.15, 0.2) is 5.43 Å². The van der Waals surface area contributed by atoms with E-state index in [2.05, 4.69) is 26.8 Å². The normalized spacial score (nSPS) is 15.8. The number of aromatic carboxylic acids is 1. The molecule has 0 fully saturated rings. The number of hydrogen-bond donors (Lipinski definition) is 1. The van der Waals surface area contributed by atoms with Gasteiger partial charge in [-0.05, 0) is 24.5 Å². The molecule has 0 radical (unpaired) electrons. The van der Waals surface area contributed by atoms with Crippen LogP contribution in [0.5, 0.6) is 0 Å². The summed E-state index contributed by atoms with van der Waals surface area (Å²) in [5.41, 5.74) is 3.70. The third-order valence-corrected chi connectivity index (χ3v) is 5.35. The fraction of sp³-hybridized carbons (Fsp3) is 0.318. The van der Waals surface area contributed by atoms with Gasteiger partial charge in [-0.3, -0.25) is 9.48 Å². The maximum atomic E-state index is 12.4. The van der Waals surface area contributed by atoms with E-state index in [-0.39, 0.29) is 17.0 Å². The van der Waals surface area contributed by atoms with Crippen LogP contribution in [-0.2, 0) is 6.54 Å². The van der Waals surface area contributed by atoms with Gasteiger partial charge in [0.2, 0.25) is 0 Å². The van der Waals surface area contributed by atoms with Crippen molar-refractivity contribution < 1.29 is 9.90 Å². The molecule has 0 amide bonds. The molecule has 1 aromatic carbocycles. The molecule has 28 heavy (non-hydrogen) atoms. The zero-order valence-electron chi connectivity index (χ0n) is 16.4. The van der Waals surface area contributed by atoms with E-state index in [0.29, 0.717) is 12.2 Å². The zero-order chi connectivity index (χ0) is 20.2. The summed E-state index contributed by atoms with van der Waals surface area (Å²) in [6.45, 7) is 8.97. The van der Waals surface area contributed by atoms with E-state index in [1.165, 1.54) is 12.3 Å². The Morgan fingerprint density at radius 1 is 1.18 bits per heavy atom. The van der Waals surface area contributed by atoms with Crippen LogP contribution in [0.25, 0.3) is 22.6 Å². The topological polar surface area (TPSA) is 77.1 Å². The third-order valence-electron chi connectivity index (χ3n) is 5.35. The number of hydrogen-bond acceptors (Lipinski definition) is 3.